The maximum absolute atomic E-state index is 12.2. The molecule has 5 nitrogen and oxygen atoms in total. The topological polar surface area (TPSA) is 68.3 Å². The van der Waals surface area contributed by atoms with Crippen molar-refractivity contribution < 1.29 is 14.3 Å². The summed E-state index contributed by atoms with van der Waals surface area (Å²) in [4.78, 5) is 29.8. The summed E-state index contributed by atoms with van der Waals surface area (Å²) in [5, 5.41) is 7.23. The predicted octanol–water partition coefficient (Wildman–Crippen LogP) is 5.37. The lowest BCUT2D eigenvalue weighted by Crippen LogP contribution is -2.30. The number of ether oxygens (including phenoxy) is 1. The van der Waals surface area contributed by atoms with Crippen LogP contribution in [0.25, 0.3) is 9.88 Å². The van der Waals surface area contributed by atoms with Gasteiger partial charge in [-0.15, -0.1) is 22.7 Å². The van der Waals surface area contributed by atoms with Gasteiger partial charge in [-0.05, 0) is 29.0 Å². The summed E-state index contributed by atoms with van der Waals surface area (Å²) in [6, 6.07) is 24.3. The van der Waals surface area contributed by atoms with Gasteiger partial charge in [-0.25, -0.2) is 9.78 Å². The predicted molar refractivity (Wildman–Crippen MR) is 128 cm³/mol. The van der Waals surface area contributed by atoms with Crippen molar-refractivity contribution in [3.8, 4) is 9.88 Å². The first-order chi connectivity index (χ1) is 15.7. The summed E-state index contributed by atoms with van der Waals surface area (Å²) >= 11 is 2.94. The minimum atomic E-state index is -0.592. The van der Waals surface area contributed by atoms with Crippen LogP contribution in [0.15, 0.2) is 83.6 Å². The molecule has 162 valence electrons. The fourth-order valence-corrected chi connectivity index (χ4v) is 4.99. The van der Waals surface area contributed by atoms with Gasteiger partial charge in [-0.2, -0.15) is 0 Å². The number of hydrogen-bond acceptors (Lipinski definition) is 6. The number of thiophene rings is 1. The average Bonchev–Trinajstić information content (AvgIpc) is 3.54. The van der Waals surface area contributed by atoms with E-state index in [2.05, 4.69) is 34.6 Å². The lowest BCUT2D eigenvalue weighted by atomic mass is 9.88. The van der Waals surface area contributed by atoms with E-state index in [1.807, 2.05) is 53.9 Å². The van der Waals surface area contributed by atoms with E-state index in [-0.39, 0.29) is 24.1 Å². The van der Waals surface area contributed by atoms with Gasteiger partial charge in [0.15, 0.2) is 12.3 Å². The van der Waals surface area contributed by atoms with Crippen LogP contribution in [0, 0.1) is 0 Å². The highest BCUT2D eigenvalue weighted by atomic mass is 32.1. The van der Waals surface area contributed by atoms with Crippen LogP contribution < -0.4 is 5.32 Å². The van der Waals surface area contributed by atoms with Gasteiger partial charge in [0.2, 0.25) is 0 Å². The molecule has 0 radical (unpaired) electrons. The number of aromatic nitrogens is 1. The largest absolute Gasteiger partial charge is 0.451 e. The molecule has 1 amide bonds. The molecule has 4 rings (SSSR count). The Hall–Kier alpha value is -3.29. The summed E-state index contributed by atoms with van der Waals surface area (Å²) in [6.45, 7) is 0.149. The molecular weight excluding hydrogens is 440 g/mol. The van der Waals surface area contributed by atoms with E-state index in [0.29, 0.717) is 6.54 Å². The van der Waals surface area contributed by atoms with E-state index < -0.39 is 5.97 Å². The third-order valence-corrected chi connectivity index (χ3v) is 6.82. The van der Waals surface area contributed by atoms with Crippen LogP contribution in [0.5, 0.6) is 0 Å². The Kier molecular flexibility index (Phi) is 7.42. The minimum Gasteiger partial charge on any atom is -0.451 e. The van der Waals surface area contributed by atoms with Crippen molar-refractivity contribution in [2.24, 2.45) is 0 Å². The second-order valence-corrected chi connectivity index (χ2v) is 8.91. The van der Waals surface area contributed by atoms with Crippen LogP contribution in [0.2, 0.25) is 0 Å². The molecule has 0 unspecified atom stereocenters. The normalized spacial score (nSPS) is 10.8. The van der Waals surface area contributed by atoms with Gasteiger partial charge in [0, 0.05) is 17.8 Å². The van der Waals surface area contributed by atoms with Crippen molar-refractivity contribution in [3.63, 3.8) is 0 Å². The number of hydrogen-bond donors (Lipinski definition) is 1. The van der Waals surface area contributed by atoms with E-state index in [4.69, 9.17) is 4.74 Å². The zero-order chi connectivity index (χ0) is 22.2. The molecule has 0 saturated carbocycles. The third kappa shape index (κ3) is 5.69. The fraction of sp³-hybridized carbons (Fsp3) is 0.160. The van der Waals surface area contributed by atoms with Gasteiger partial charge in [-0.3, -0.25) is 4.79 Å². The van der Waals surface area contributed by atoms with Gasteiger partial charge in [0.25, 0.3) is 5.91 Å². The SMILES string of the molecule is O=C(COC(=O)c1csc(-c2cccs2)n1)NCCC(c1ccccc1)c1ccccc1. The minimum absolute atomic E-state index is 0.172. The number of amides is 1. The molecule has 2 aromatic heterocycles. The molecule has 0 aliphatic rings. The van der Waals surface area contributed by atoms with Crippen molar-refractivity contribution in [1.82, 2.24) is 10.3 Å². The molecule has 0 atom stereocenters. The van der Waals surface area contributed by atoms with Crippen LogP contribution >= 0.6 is 22.7 Å². The molecule has 4 aromatic rings. The van der Waals surface area contributed by atoms with Crippen molar-refractivity contribution in [2.75, 3.05) is 13.2 Å². The Morgan fingerprint density at radius 3 is 2.22 bits per heavy atom. The Bertz CT molecular complexity index is 1100. The van der Waals surface area contributed by atoms with Gasteiger partial charge in [0.05, 0.1) is 4.88 Å². The van der Waals surface area contributed by atoms with Crippen LogP contribution in [-0.2, 0) is 9.53 Å². The second-order valence-electron chi connectivity index (χ2n) is 7.10. The number of nitrogens with one attached hydrogen (secondary N) is 1. The van der Waals surface area contributed by atoms with E-state index in [9.17, 15) is 9.59 Å². The van der Waals surface area contributed by atoms with Crippen LogP contribution in [0.1, 0.15) is 34.0 Å². The van der Waals surface area contributed by atoms with Crippen LogP contribution in [0.4, 0.5) is 0 Å². The van der Waals surface area contributed by atoms with Crippen molar-refractivity contribution in [2.45, 2.75) is 12.3 Å². The van der Waals surface area contributed by atoms with Crippen LogP contribution in [-0.4, -0.2) is 30.0 Å². The molecule has 0 bridgehead atoms. The Morgan fingerprint density at radius 1 is 0.906 bits per heavy atom. The van der Waals surface area contributed by atoms with Gasteiger partial charge >= 0.3 is 5.97 Å². The number of carbonyl (C=O) groups is 2. The summed E-state index contributed by atoms with van der Waals surface area (Å²) < 4.78 is 5.14. The zero-order valence-corrected chi connectivity index (χ0v) is 18.9. The first kappa shape index (κ1) is 21.9. The van der Waals surface area contributed by atoms with E-state index in [1.165, 1.54) is 22.5 Å². The molecule has 0 aliphatic heterocycles. The van der Waals surface area contributed by atoms with Crippen molar-refractivity contribution >= 4 is 34.6 Å². The third-order valence-electron chi connectivity index (χ3n) is 4.94. The molecule has 32 heavy (non-hydrogen) atoms. The Balaban J connectivity index is 1.27. The fourth-order valence-electron chi connectivity index (χ4n) is 3.39. The number of esters is 1. The summed E-state index contributed by atoms with van der Waals surface area (Å²) in [7, 11) is 0. The van der Waals surface area contributed by atoms with E-state index in [0.717, 1.165) is 16.3 Å². The lowest BCUT2D eigenvalue weighted by Gasteiger charge is -2.18. The summed E-state index contributed by atoms with van der Waals surface area (Å²) in [6.07, 6.45) is 0.740. The lowest BCUT2D eigenvalue weighted by molar-refractivity contribution is -0.124. The van der Waals surface area contributed by atoms with Gasteiger partial charge < -0.3 is 10.1 Å². The highest BCUT2D eigenvalue weighted by molar-refractivity contribution is 7.20. The monoisotopic (exact) mass is 462 g/mol. The van der Waals surface area contributed by atoms with Crippen LogP contribution in [0.3, 0.4) is 0 Å². The standard InChI is InChI=1S/C25H22N2O3S2/c28-23(16-30-25(29)21-17-32-24(27-21)22-12-7-15-31-22)26-14-13-20(18-8-3-1-4-9-18)19-10-5-2-6-11-19/h1-12,15,17,20H,13-14,16H2,(H,26,28). The maximum Gasteiger partial charge on any atom is 0.358 e. The first-order valence-corrected chi connectivity index (χ1v) is 12.0. The molecule has 0 spiro atoms. The zero-order valence-electron chi connectivity index (χ0n) is 17.3. The molecule has 1 N–H and O–H groups in total. The summed E-state index contributed by atoms with van der Waals surface area (Å²) in [5.41, 5.74) is 2.62. The van der Waals surface area contributed by atoms with E-state index in [1.54, 1.807) is 16.7 Å². The Morgan fingerprint density at radius 2 is 1.59 bits per heavy atom. The average molecular weight is 463 g/mol. The molecular formula is C25H22N2O3S2. The van der Waals surface area contributed by atoms with E-state index >= 15 is 0 Å². The molecule has 0 aliphatic carbocycles. The number of carbonyl (C=O) groups excluding carboxylic acids is 2. The Labute approximate surface area is 194 Å². The highest BCUT2D eigenvalue weighted by Gasteiger charge is 2.17. The first-order valence-electron chi connectivity index (χ1n) is 10.2. The highest BCUT2D eigenvalue weighted by Crippen LogP contribution is 2.28. The van der Waals surface area contributed by atoms with Crippen molar-refractivity contribution in [1.29, 1.82) is 0 Å². The molecule has 0 saturated heterocycles. The molecule has 2 heterocycles. The molecule has 0 fully saturated rings. The van der Waals surface area contributed by atoms with Crippen molar-refractivity contribution in [3.05, 3.63) is 100 Å². The van der Waals surface area contributed by atoms with Gasteiger partial charge in [-0.1, -0.05) is 66.7 Å². The molecule has 2 aromatic carbocycles. The second kappa shape index (κ2) is 10.8. The molecule has 7 heteroatoms. The number of thiazole rings is 1. The number of benzene rings is 2. The number of rotatable bonds is 9. The quantitative estimate of drug-likeness (QED) is 0.340. The number of nitrogens with zero attached hydrogens (tertiary/aromatic N) is 1. The summed E-state index contributed by atoms with van der Waals surface area (Å²) in [5.74, 6) is -0.747. The van der Waals surface area contributed by atoms with Gasteiger partial charge in [0.1, 0.15) is 5.01 Å². The maximum atomic E-state index is 12.2. The smallest absolute Gasteiger partial charge is 0.358 e.